The van der Waals surface area contributed by atoms with Crippen molar-refractivity contribution in [2.24, 2.45) is 17.8 Å². The topological polar surface area (TPSA) is 49.3 Å². The minimum atomic E-state index is -0.501. The molecule has 2 bridgehead atoms. The normalized spacial score (nSPS) is 30.3. The summed E-state index contributed by atoms with van der Waals surface area (Å²) in [6.45, 7) is 1.73. The van der Waals surface area contributed by atoms with Gasteiger partial charge in [-0.05, 0) is 55.7 Å². The number of carbonyl (C=O) groups excluding carboxylic acids is 1. The van der Waals surface area contributed by atoms with E-state index in [1.807, 2.05) is 24.3 Å². The second kappa shape index (κ2) is 4.97. The highest BCUT2D eigenvalue weighted by Gasteiger charge is 2.42. The van der Waals surface area contributed by atoms with E-state index in [-0.39, 0.29) is 11.8 Å². The van der Waals surface area contributed by atoms with Gasteiger partial charge in [-0.3, -0.25) is 4.79 Å². The first-order valence-corrected chi connectivity index (χ1v) is 7.22. The quantitative estimate of drug-likeness (QED) is 0.876. The van der Waals surface area contributed by atoms with E-state index in [1.165, 1.54) is 19.3 Å². The van der Waals surface area contributed by atoms with Gasteiger partial charge >= 0.3 is 0 Å². The van der Waals surface area contributed by atoms with Crippen LogP contribution in [0.3, 0.4) is 0 Å². The largest absolute Gasteiger partial charge is 0.389 e. The Morgan fingerprint density at radius 2 is 2.21 bits per heavy atom. The molecule has 0 spiro atoms. The zero-order valence-electron chi connectivity index (χ0n) is 11.3. The Morgan fingerprint density at radius 3 is 2.84 bits per heavy atom. The van der Waals surface area contributed by atoms with Crippen molar-refractivity contribution in [3.05, 3.63) is 29.8 Å². The average Bonchev–Trinajstić information content (AvgIpc) is 3.01. The lowest BCUT2D eigenvalue weighted by Gasteiger charge is -2.21. The molecule has 3 heteroatoms. The van der Waals surface area contributed by atoms with Crippen molar-refractivity contribution < 1.29 is 9.90 Å². The molecule has 0 saturated heterocycles. The molecule has 2 saturated carbocycles. The van der Waals surface area contributed by atoms with Gasteiger partial charge in [0.25, 0.3) is 0 Å². The highest BCUT2D eigenvalue weighted by molar-refractivity contribution is 5.93. The molecule has 0 heterocycles. The minimum absolute atomic E-state index is 0.162. The summed E-state index contributed by atoms with van der Waals surface area (Å²) in [7, 11) is 0. The third-order valence-electron chi connectivity index (χ3n) is 4.71. The fraction of sp³-hybridized carbons (Fsp3) is 0.562. The maximum Gasteiger partial charge on any atom is 0.227 e. The third-order valence-corrected chi connectivity index (χ3v) is 4.71. The summed E-state index contributed by atoms with van der Waals surface area (Å²) < 4.78 is 0. The van der Waals surface area contributed by atoms with Gasteiger partial charge < -0.3 is 10.4 Å². The molecule has 3 rings (SSSR count). The number of amides is 1. The van der Waals surface area contributed by atoms with E-state index in [4.69, 9.17) is 0 Å². The van der Waals surface area contributed by atoms with Crippen LogP contribution < -0.4 is 5.32 Å². The minimum Gasteiger partial charge on any atom is -0.389 e. The summed E-state index contributed by atoms with van der Waals surface area (Å²) in [6, 6.07) is 7.49. The van der Waals surface area contributed by atoms with Gasteiger partial charge in [0, 0.05) is 11.6 Å². The Kier molecular flexibility index (Phi) is 3.31. The number of fused-ring (bicyclic) bond motifs is 2. The van der Waals surface area contributed by atoms with E-state index < -0.39 is 6.10 Å². The summed E-state index contributed by atoms with van der Waals surface area (Å²) >= 11 is 0. The summed E-state index contributed by atoms with van der Waals surface area (Å²) in [5, 5.41) is 12.6. The fourth-order valence-corrected chi connectivity index (χ4v) is 3.68. The molecule has 3 nitrogen and oxygen atoms in total. The molecule has 4 unspecified atom stereocenters. The zero-order chi connectivity index (χ0) is 13.4. The van der Waals surface area contributed by atoms with Crippen LogP contribution in [0.25, 0.3) is 0 Å². The summed E-state index contributed by atoms with van der Waals surface area (Å²) in [6.07, 6.45) is 4.33. The van der Waals surface area contributed by atoms with E-state index in [0.717, 1.165) is 23.6 Å². The van der Waals surface area contributed by atoms with Gasteiger partial charge in [-0.2, -0.15) is 0 Å². The predicted octanol–water partition coefficient (Wildman–Crippen LogP) is 3.11. The van der Waals surface area contributed by atoms with Crippen LogP contribution in [0.1, 0.15) is 44.3 Å². The Labute approximate surface area is 114 Å². The second-order valence-corrected chi connectivity index (χ2v) is 6.07. The molecule has 102 valence electrons. The van der Waals surface area contributed by atoms with Crippen LogP contribution in [0.5, 0.6) is 0 Å². The molecule has 2 N–H and O–H groups in total. The average molecular weight is 259 g/mol. The number of carbonyl (C=O) groups is 1. The maximum absolute atomic E-state index is 12.3. The second-order valence-electron chi connectivity index (χ2n) is 6.07. The van der Waals surface area contributed by atoms with Crippen molar-refractivity contribution in [3.63, 3.8) is 0 Å². The molecule has 2 fully saturated rings. The number of hydrogen-bond acceptors (Lipinski definition) is 2. The molecule has 19 heavy (non-hydrogen) atoms. The van der Waals surface area contributed by atoms with Crippen molar-refractivity contribution in [1.82, 2.24) is 0 Å². The lowest BCUT2D eigenvalue weighted by atomic mass is 9.88. The van der Waals surface area contributed by atoms with Gasteiger partial charge in [0.2, 0.25) is 5.91 Å². The van der Waals surface area contributed by atoms with E-state index in [2.05, 4.69) is 5.32 Å². The molecule has 4 atom stereocenters. The van der Waals surface area contributed by atoms with Crippen LogP contribution in [0.15, 0.2) is 24.3 Å². The van der Waals surface area contributed by atoms with Crippen molar-refractivity contribution in [3.8, 4) is 0 Å². The first-order chi connectivity index (χ1) is 9.13. The van der Waals surface area contributed by atoms with Gasteiger partial charge in [-0.1, -0.05) is 18.6 Å². The van der Waals surface area contributed by atoms with E-state index in [0.29, 0.717) is 5.92 Å². The van der Waals surface area contributed by atoms with Gasteiger partial charge in [-0.15, -0.1) is 0 Å². The molecule has 2 aliphatic rings. The summed E-state index contributed by atoms with van der Waals surface area (Å²) in [5.41, 5.74) is 1.64. The summed E-state index contributed by atoms with van der Waals surface area (Å²) in [4.78, 5) is 12.3. The van der Waals surface area contributed by atoms with Crippen LogP contribution in [0.2, 0.25) is 0 Å². The van der Waals surface area contributed by atoms with Crippen molar-refractivity contribution in [2.45, 2.75) is 38.7 Å². The van der Waals surface area contributed by atoms with Crippen molar-refractivity contribution >= 4 is 11.6 Å². The third kappa shape index (κ3) is 2.52. The van der Waals surface area contributed by atoms with Crippen molar-refractivity contribution in [1.29, 1.82) is 0 Å². The van der Waals surface area contributed by atoms with E-state index in [9.17, 15) is 9.90 Å². The van der Waals surface area contributed by atoms with Crippen LogP contribution in [0.4, 0.5) is 5.69 Å². The molecule has 0 radical (unpaired) electrons. The van der Waals surface area contributed by atoms with E-state index in [1.54, 1.807) is 6.92 Å². The van der Waals surface area contributed by atoms with Crippen LogP contribution in [-0.4, -0.2) is 11.0 Å². The molecule has 2 aliphatic carbocycles. The molecule has 0 aliphatic heterocycles. The number of aliphatic hydroxyl groups is 1. The monoisotopic (exact) mass is 259 g/mol. The van der Waals surface area contributed by atoms with Crippen LogP contribution >= 0.6 is 0 Å². The number of aliphatic hydroxyl groups excluding tert-OH is 1. The highest BCUT2D eigenvalue weighted by Crippen LogP contribution is 2.48. The lowest BCUT2D eigenvalue weighted by Crippen LogP contribution is -2.27. The molecular formula is C16H21NO2. The number of hydrogen-bond donors (Lipinski definition) is 2. The Balaban J connectivity index is 1.68. The molecular weight excluding hydrogens is 238 g/mol. The van der Waals surface area contributed by atoms with E-state index >= 15 is 0 Å². The number of rotatable bonds is 3. The number of benzene rings is 1. The van der Waals surface area contributed by atoms with Gasteiger partial charge in [0.15, 0.2) is 0 Å². The van der Waals surface area contributed by atoms with Crippen molar-refractivity contribution in [2.75, 3.05) is 5.32 Å². The van der Waals surface area contributed by atoms with Gasteiger partial charge in [-0.25, -0.2) is 0 Å². The maximum atomic E-state index is 12.3. The lowest BCUT2D eigenvalue weighted by molar-refractivity contribution is -0.121. The molecule has 1 aromatic carbocycles. The SMILES string of the molecule is CC(O)c1cccc(NC(=O)C2CC3CCC2C3)c1. The first kappa shape index (κ1) is 12.7. The first-order valence-electron chi connectivity index (χ1n) is 7.22. The Morgan fingerprint density at radius 1 is 1.37 bits per heavy atom. The standard InChI is InChI=1S/C16H21NO2/c1-10(18)12-3-2-4-14(9-12)17-16(19)15-8-11-5-6-13(15)7-11/h2-4,9-11,13,15,18H,5-8H2,1H3,(H,17,19). The Hall–Kier alpha value is -1.35. The number of nitrogens with one attached hydrogen (secondary N) is 1. The molecule has 1 amide bonds. The Bertz CT molecular complexity index is 483. The smallest absolute Gasteiger partial charge is 0.227 e. The molecule has 0 aromatic heterocycles. The zero-order valence-corrected chi connectivity index (χ0v) is 11.3. The predicted molar refractivity (Wildman–Crippen MR) is 74.6 cm³/mol. The van der Waals surface area contributed by atoms with Gasteiger partial charge in [0.1, 0.15) is 0 Å². The van der Waals surface area contributed by atoms with Crippen LogP contribution in [0, 0.1) is 17.8 Å². The molecule has 1 aromatic rings. The van der Waals surface area contributed by atoms with Crippen LogP contribution in [-0.2, 0) is 4.79 Å². The fourth-order valence-electron chi connectivity index (χ4n) is 3.68. The highest BCUT2D eigenvalue weighted by atomic mass is 16.3. The summed E-state index contributed by atoms with van der Waals surface area (Å²) in [5.74, 6) is 1.75. The number of anilines is 1. The van der Waals surface area contributed by atoms with Gasteiger partial charge in [0.05, 0.1) is 6.10 Å².